The van der Waals surface area contributed by atoms with E-state index < -0.39 is 5.97 Å². The van der Waals surface area contributed by atoms with Crippen LogP contribution in [0.15, 0.2) is 36.7 Å². The summed E-state index contributed by atoms with van der Waals surface area (Å²) in [4.78, 5) is 21.4. The normalized spacial score (nSPS) is 10.2. The van der Waals surface area contributed by atoms with Crippen molar-refractivity contribution in [2.24, 2.45) is 0 Å². The minimum atomic E-state index is -0.502. The van der Waals surface area contributed by atoms with Crippen LogP contribution in [0, 0.1) is 0 Å². The maximum atomic E-state index is 11.3. The minimum absolute atomic E-state index is 0.183. The molecule has 0 saturated heterocycles. The fourth-order valence-corrected chi connectivity index (χ4v) is 1.89. The molecule has 0 unspecified atom stereocenters. The first-order valence-corrected chi connectivity index (χ1v) is 6.34. The van der Waals surface area contributed by atoms with E-state index in [0.29, 0.717) is 17.4 Å². The number of aromatic nitrogens is 2. The van der Waals surface area contributed by atoms with E-state index >= 15 is 0 Å². The number of hydrogen-bond donors (Lipinski definition) is 0. The first-order chi connectivity index (χ1) is 9.61. The zero-order chi connectivity index (χ0) is 14.5. The van der Waals surface area contributed by atoms with Gasteiger partial charge in [-0.3, -0.25) is 0 Å². The van der Waals surface area contributed by atoms with E-state index in [1.54, 1.807) is 0 Å². The molecule has 1 heterocycles. The van der Waals surface area contributed by atoms with Gasteiger partial charge in [0, 0.05) is 18.6 Å². The van der Waals surface area contributed by atoms with Crippen LogP contribution >= 0.6 is 11.6 Å². The Morgan fingerprint density at radius 3 is 2.65 bits per heavy atom. The third-order valence-corrected chi connectivity index (χ3v) is 3.16. The van der Waals surface area contributed by atoms with Crippen molar-refractivity contribution in [2.75, 3.05) is 19.1 Å². The Bertz CT molecular complexity index is 602. The molecule has 0 N–H and O–H groups in total. The summed E-state index contributed by atoms with van der Waals surface area (Å²) in [5.74, 6) is 0.148. The summed E-state index contributed by atoms with van der Waals surface area (Å²) in [5, 5.41) is 0.707. The van der Waals surface area contributed by atoms with Crippen molar-refractivity contribution >= 4 is 23.4 Å². The molecule has 5 nitrogen and oxygen atoms in total. The van der Waals surface area contributed by atoms with E-state index in [1.165, 1.54) is 19.5 Å². The van der Waals surface area contributed by atoms with Crippen LogP contribution in [-0.4, -0.2) is 30.1 Å². The zero-order valence-corrected chi connectivity index (χ0v) is 12.0. The summed E-state index contributed by atoms with van der Waals surface area (Å²) >= 11 is 6.12. The van der Waals surface area contributed by atoms with Gasteiger partial charge in [-0.25, -0.2) is 14.8 Å². The standard InChI is InChI=1S/C14H14ClN3O2/c1-18(9-10-5-3-4-6-11(10)15)13-8-16-12(7-17-13)14(19)20-2/h3-8H,9H2,1-2H3. The molecule has 0 amide bonds. The lowest BCUT2D eigenvalue weighted by molar-refractivity contribution is 0.0593. The smallest absolute Gasteiger partial charge is 0.358 e. The summed E-state index contributed by atoms with van der Waals surface area (Å²) < 4.78 is 4.58. The highest BCUT2D eigenvalue weighted by Gasteiger charge is 2.10. The molecular weight excluding hydrogens is 278 g/mol. The van der Waals surface area contributed by atoms with Gasteiger partial charge in [0.2, 0.25) is 0 Å². The van der Waals surface area contributed by atoms with Crippen molar-refractivity contribution in [1.29, 1.82) is 0 Å². The number of ether oxygens (including phenoxy) is 1. The van der Waals surface area contributed by atoms with Gasteiger partial charge in [-0.2, -0.15) is 0 Å². The number of halogens is 1. The minimum Gasteiger partial charge on any atom is -0.464 e. The lowest BCUT2D eigenvalue weighted by Gasteiger charge is -2.18. The van der Waals surface area contributed by atoms with Gasteiger partial charge in [-0.15, -0.1) is 0 Å². The van der Waals surface area contributed by atoms with Crippen molar-refractivity contribution in [2.45, 2.75) is 6.54 Å². The molecule has 0 aliphatic rings. The largest absolute Gasteiger partial charge is 0.464 e. The predicted octanol–water partition coefficient (Wildman–Crippen LogP) is 2.55. The molecule has 2 rings (SSSR count). The monoisotopic (exact) mass is 291 g/mol. The Kier molecular flexibility index (Phi) is 4.53. The van der Waals surface area contributed by atoms with Gasteiger partial charge in [0.25, 0.3) is 0 Å². The average Bonchev–Trinajstić information content (AvgIpc) is 2.49. The molecule has 1 aromatic carbocycles. The third kappa shape index (κ3) is 3.24. The quantitative estimate of drug-likeness (QED) is 0.810. The highest BCUT2D eigenvalue weighted by atomic mass is 35.5. The van der Waals surface area contributed by atoms with E-state index in [2.05, 4.69) is 14.7 Å². The Morgan fingerprint density at radius 1 is 1.30 bits per heavy atom. The van der Waals surface area contributed by atoms with Gasteiger partial charge in [0.1, 0.15) is 5.82 Å². The van der Waals surface area contributed by atoms with E-state index in [9.17, 15) is 4.79 Å². The average molecular weight is 292 g/mol. The number of rotatable bonds is 4. The fraction of sp³-hybridized carbons (Fsp3) is 0.214. The molecule has 20 heavy (non-hydrogen) atoms. The van der Waals surface area contributed by atoms with Crippen molar-refractivity contribution in [3.63, 3.8) is 0 Å². The molecule has 0 spiro atoms. The number of methoxy groups -OCH3 is 1. The first kappa shape index (κ1) is 14.3. The van der Waals surface area contributed by atoms with E-state index in [-0.39, 0.29) is 5.69 Å². The topological polar surface area (TPSA) is 55.3 Å². The van der Waals surface area contributed by atoms with E-state index in [4.69, 9.17) is 11.6 Å². The zero-order valence-electron chi connectivity index (χ0n) is 11.2. The molecular formula is C14H14ClN3O2. The van der Waals surface area contributed by atoms with E-state index in [1.807, 2.05) is 36.2 Å². The first-order valence-electron chi connectivity index (χ1n) is 5.96. The second kappa shape index (κ2) is 6.34. The number of hydrogen-bond acceptors (Lipinski definition) is 5. The second-order valence-electron chi connectivity index (χ2n) is 4.20. The fourth-order valence-electron chi connectivity index (χ4n) is 1.69. The van der Waals surface area contributed by atoms with Crippen LogP contribution in [0.2, 0.25) is 5.02 Å². The van der Waals surface area contributed by atoms with Gasteiger partial charge in [0.05, 0.1) is 19.5 Å². The summed E-state index contributed by atoms with van der Waals surface area (Å²) in [6, 6.07) is 7.61. The summed E-state index contributed by atoms with van der Waals surface area (Å²) in [5.41, 5.74) is 1.18. The highest BCUT2D eigenvalue weighted by Crippen LogP contribution is 2.18. The van der Waals surface area contributed by atoms with Crippen LogP contribution < -0.4 is 4.90 Å². The molecule has 1 aromatic heterocycles. The Balaban J connectivity index is 2.12. The number of benzene rings is 1. The lowest BCUT2D eigenvalue weighted by Crippen LogP contribution is -2.18. The number of esters is 1. The van der Waals surface area contributed by atoms with Gasteiger partial charge >= 0.3 is 5.97 Å². The Morgan fingerprint density at radius 2 is 2.05 bits per heavy atom. The van der Waals surface area contributed by atoms with Gasteiger partial charge in [-0.05, 0) is 11.6 Å². The van der Waals surface area contributed by atoms with E-state index in [0.717, 1.165) is 5.56 Å². The van der Waals surface area contributed by atoms with Gasteiger partial charge in [-0.1, -0.05) is 29.8 Å². The summed E-state index contributed by atoms with van der Waals surface area (Å²) in [7, 11) is 3.19. The Labute approximate surface area is 122 Å². The third-order valence-electron chi connectivity index (χ3n) is 2.79. The van der Waals surface area contributed by atoms with Crippen molar-refractivity contribution < 1.29 is 9.53 Å². The van der Waals surface area contributed by atoms with Crippen molar-refractivity contribution in [3.8, 4) is 0 Å². The highest BCUT2D eigenvalue weighted by molar-refractivity contribution is 6.31. The molecule has 104 valence electrons. The van der Waals surface area contributed by atoms with Crippen LogP contribution in [0.5, 0.6) is 0 Å². The van der Waals surface area contributed by atoms with Gasteiger partial charge in [0.15, 0.2) is 5.69 Å². The molecule has 0 bridgehead atoms. The molecule has 0 fully saturated rings. The molecule has 0 radical (unpaired) electrons. The summed E-state index contributed by atoms with van der Waals surface area (Å²) in [6.07, 6.45) is 2.92. The molecule has 0 atom stereocenters. The lowest BCUT2D eigenvalue weighted by atomic mass is 10.2. The SMILES string of the molecule is COC(=O)c1cnc(N(C)Cc2ccccc2Cl)cn1. The maximum absolute atomic E-state index is 11.3. The molecule has 2 aromatic rings. The van der Waals surface area contributed by atoms with Crippen LogP contribution in [0.4, 0.5) is 5.82 Å². The second-order valence-corrected chi connectivity index (χ2v) is 4.61. The number of nitrogens with zero attached hydrogens (tertiary/aromatic N) is 3. The van der Waals surface area contributed by atoms with Crippen LogP contribution in [0.1, 0.15) is 16.1 Å². The molecule has 0 aliphatic heterocycles. The molecule has 0 saturated carbocycles. The number of carbonyl (C=O) groups excluding carboxylic acids is 1. The van der Waals surface area contributed by atoms with Crippen LogP contribution in [0.25, 0.3) is 0 Å². The van der Waals surface area contributed by atoms with Gasteiger partial charge < -0.3 is 9.64 Å². The Hall–Kier alpha value is -2.14. The maximum Gasteiger partial charge on any atom is 0.358 e. The summed E-state index contributed by atoms with van der Waals surface area (Å²) in [6.45, 7) is 0.603. The van der Waals surface area contributed by atoms with Crippen LogP contribution in [0.3, 0.4) is 0 Å². The van der Waals surface area contributed by atoms with Crippen LogP contribution in [-0.2, 0) is 11.3 Å². The predicted molar refractivity (Wildman–Crippen MR) is 76.9 cm³/mol. The number of carbonyl (C=O) groups is 1. The number of anilines is 1. The van der Waals surface area contributed by atoms with Crippen molar-refractivity contribution in [1.82, 2.24) is 9.97 Å². The molecule has 6 heteroatoms. The molecule has 0 aliphatic carbocycles. The van der Waals surface area contributed by atoms with Crippen molar-refractivity contribution in [3.05, 3.63) is 52.9 Å².